The van der Waals surface area contributed by atoms with E-state index in [-0.39, 0.29) is 0 Å². The van der Waals surface area contributed by atoms with Crippen molar-refractivity contribution in [3.63, 3.8) is 0 Å². The molecule has 0 aliphatic rings. The molecule has 0 fully saturated rings. The maximum atomic E-state index is 10.3. The monoisotopic (exact) mass is 298 g/mol. The van der Waals surface area contributed by atoms with Gasteiger partial charge in [-0.15, -0.1) is 6.42 Å². The zero-order valence-corrected chi connectivity index (χ0v) is 13.3. The lowest BCUT2D eigenvalue weighted by Gasteiger charge is -2.01. The Bertz CT molecular complexity index is 292. The molecule has 0 spiro atoms. The van der Waals surface area contributed by atoms with Crippen LogP contribution in [0.4, 0.5) is 0 Å². The van der Waals surface area contributed by atoms with Crippen LogP contribution in [0.2, 0.25) is 0 Å². The number of hydrogen-bond donors (Lipinski definition) is 2. The molecule has 0 amide bonds. The van der Waals surface area contributed by atoms with Gasteiger partial charge in [0, 0.05) is 12.3 Å². The topological polar surface area (TPSA) is 74.6 Å². The van der Waals surface area contributed by atoms with E-state index in [0.29, 0.717) is 6.42 Å². The molecule has 0 aromatic carbocycles. The Labute approximate surface area is 128 Å². The summed E-state index contributed by atoms with van der Waals surface area (Å²) >= 11 is 0. The fourth-order valence-electron chi connectivity index (χ4n) is 1.94. The molecule has 0 aliphatic carbocycles. The van der Waals surface area contributed by atoms with Crippen molar-refractivity contribution in [1.29, 1.82) is 0 Å². The van der Waals surface area contributed by atoms with Crippen molar-refractivity contribution in [3.05, 3.63) is 0 Å². The summed E-state index contributed by atoms with van der Waals surface area (Å²) in [6, 6.07) is 0. The van der Waals surface area contributed by atoms with Gasteiger partial charge in [0.1, 0.15) is 0 Å². The second kappa shape index (κ2) is 18.5. The van der Waals surface area contributed by atoms with Gasteiger partial charge >= 0.3 is 11.9 Å². The largest absolute Gasteiger partial charge is 0.481 e. The molecule has 21 heavy (non-hydrogen) atoms. The second-order valence-electron chi connectivity index (χ2n) is 5.13. The molecule has 2 N–H and O–H groups in total. The summed E-state index contributed by atoms with van der Waals surface area (Å²) in [5, 5.41) is 15.9. The Hall–Kier alpha value is -1.50. The highest BCUT2D eigenvalue weighted by atomic mass is 16.4. The molecule has 0 rings (SSSR count). The average molecular weight is 298 g/mol. The summed E-state index contributed by atoms with van der Waals surface area (Å²) in [6.45, 7) is 2.25. The minimum absolute atomic E-state index is 0.344. The summed E-state index contributed by atoms with van der Waals surface area (Å²) in [4.78, 5) is 19.4. The van der Waals surface area contributed by atoms with Gasteiger partial charge in [0.05, 0.1) is 0 Å². The van der Waals surface area contributed by atoms with Crippen molar-refractivity contribution in [1.82, 2.24) is 0 Å². The Kier molecular flexibility index (Phi) is 19.2. The molecular weight excluding hydrogens is 268 g/mol. The van der Waals surface area contributed by atoms with Gasteiger partial charge in [-0.2, -0.15) is 0 Å². The first kappa shape index (κ1) is 21.8. The lowest BCUT2D eigenvalue weighted by molar-refractivity contribution is -0.137. The molecule has 0 heterocycles. The highest BCUT2D eigenvalue weighted by Crippen LogP contribution is 2.11. The predicted octanol–water partition coefficient (Wildman–Crippen LogP) is 4.48. The van der Waals surface area contributed by atoms with E-state index < -0.39 is 11.9 Å². The molecule has 0 unspecified atom stereocenters. The lowest BCUT2D eigenvalue weighted by Crippen LogP contribution is -1.93. The first-order chi connectivity index (χ1) is 10.0. The maximum absolute atomic E-state index is 10.3. The van der Waals surface area contributed by atoms with Crippen LogP contribution in [0.1, 0.15) is 84.0 Å². The predicted molar refractivity (Wildman–Crippen MR) is 85.2 cm³/mol. The Morgan fingerprint density at radius 1 is 0.810 bits per heavy atom. The van der Waals surface area contributed by atoms with Gasteiger partial charge in [0.25, 0.3) is 0 Å². The fourth-order valence-corrected chi connectivity index (χ4v) is 1.94. The maximum Gasteiger partial charge on any atom is 0.381 e. The van der Waals surface area contributed by atoms with Crippen LogP contribution in [-0.4, -0.2) is 22.2 Å². The second-order valence-corrected chi connectivity index (χ2v) is 5.13. The Morgan fingerprint density at radius 2 is 1.14 bits per heavy atom. The number of rotatable bonds is 12. The third-order valence-corrected chi connectivity index (χ3v) is 3.12. The molecule has 0 saturated heterocycles. The molecule has 0 aliphatic heterocycles. The number of hydrogen-bond acceptors (Lipinski definition) is 2. The molecule has 4 heteroatoms. The van der Waals surface area contributed by atoms with E-state index in [2.05, 4.69) is 13.3 Å². The van der Waals surface area contributed by atoms with Crippen molar-refractivity contribution < 1.29 is 19.8 Å². The van der Waals surface area contributed by atoms with Gasteiger partial charge < -0.3 is 10.2 Å². The van der Waals surface area contributed by atoms with Crippen molar-refractivity contribution in [2.45, 2.75) is 84.0 Å². The Morgan fingerprint density at radius 3 is 1.43 bits per heavy atom. The van der Waals surface area contributed by atoms with Gasteiger partial charge in [0.15, 0.2) is 0 Å². The minimum atomic E-state index is -1.22. The fraction of sp³-hybridized carbons (Fsp3) is 0.765. The van der Waals surface area contributed by atoms with Gasteiger partial charge in [-0.1, -0.05) is 71.1 Å². The van der Waals surface area contributed by atoms with Crippen molar-refractivity contribution in [2.75, 3.05) is 0 Å². The van der Waals surface area contributed by atoms with Gasteiger partial charge in [-0.3, -0.25) is 4.79 Å². The first-order valence-electron chi connectivity index (χ1n) is 7.95. The number of carboxylic acids is 2. The van der Waals surface area contributed by atoms with Crippen molar-refractivity contribution in [2.24, 2.45) is 0 Å². The van der Waals surface area contributed by atoms with E-state index in [1.807, 2.05) is 0 Å². The van der Waals surface area contributed by atoms with Gasteiger partial charge in [-0.25, -0.2) is 4.79 Å². The molecule has 4 nitrogen and oxygen atoms in total. The van der Waals surface area contributed by atoms with Crippen LogP contribution in [0.5, 0.6) is 0 Å². The van der Waals surface area contributed by atoms with E-state index in [9.17, 15) is 4.79 Å². The van der Waals surface area contributed by atoms with E-state index in [0.717, 1.165) is 12.8 Å². The number of unbranched alkanes of at least 4 members (excludes halogenated alkanes) is 10. The van der Waals surface area contributed by atoms with Gasteiger partial charge in [0.2, 0.25) is 0 Å². The van der Waals surface area contributed by atoms with E-state index in [1.165, 1.54) is 63.7 Å². The summed E-state index contributed by atoms with van der Waals surface area (Å²) < 4.78 is 0. The zero-order valence-electron chi connectivity index (χ0n) is 13.3. The first-order valence-corrected chi connectivity index (χ1v) is 7.95. The van der Waals surface area contributed by atoms with E-state index in [1.54, 1.807) is 0 Å². The molecule has 0 radical (unpaired) electrons. The number of terminal acetylenes is 1. The summed E-state index contributed by atoms with van der Waals surface area (Å²) in [5.41, 5.74) is 0. The van der Waals surface area contributed by atoms with E-state index >= 15 is 0 Å². The smallest absolute Gasteiger partial charge is 0.381 e. The summed E-state index contributed by atoms with van der Waals surface area (Å²) in [5.74, 6) is -0.430. The van der Waals surface area contributed by atoms with Crippen LogP contribution < -0.4 is 0 Å². The molecule has 122 valence electrons. The van der Waals surface area contributed by atoms with Crippen molar-refractivity contribution >= 4 is 11.9 Å². The van der Waals surface area contributed by atoms with Gasteiger partial charge in [-0.05, 0) is 6.42 Å². The summed E-state index contributed by atoms with van der Waals surface area (Å²) in [6.07, 6.45) is 18.7. The molecule has 0 aromatic heterocycles. The highest BCUT2D eigenvalue weighted by Gasteiger charge is 1.96. The normalized spacial score (nSPS) is 9.33. The quantitative estimate of drug-likeness (QED) is 0.411. The molecule has 0 aromatic rings. The molecular formula is C17H30O4. The highest BCUT2D eigenvalue weighted by molar-refractivity contribution is 5.85. The zero-order chi connectivity index (χ0) is 16.3. The van der Waals surface area contributed by atoms with Crippen LogP contribution in [0.15, 0.2) is 0 Å². The molecule has 0 bridgehead atoms. The van der Waals surface area contributed by atoms with Crippen LogP contribution in [0.25, 0.3) is 0 Å². The van der Waals surface area contributed by atoms with Crippen LogP contribution in [0.3, 0.4) is 0 Å². The number of aliphatic carboxylic acids is 2. The summed E-state index contributed by atoms with van der Waals surface area (Å²) in [7, 11) is 0. The average Bonchev–Trinajstić information content (AvgIpc) is 2.45. The third-order valence-electron chi connectivity index (χ3n) is 3.12. The Balaban J connectivity index is 0. The van der Waals surface area contributed by atoms with Crippen molar-refractivity contribution in [3.8, 4) is 12.3 Å². The number of carbonyl (C=O) groups is 2. The SMILES string of the molecule is C#CC(=O)O.CCCCCCCCCCCCCC(=O)O. The third kappa shape index (κ3) is 27.6. The van der Waals surface area contributed by atoms with Crippen LogP contribution in [-0.2, 0) is 9.59 Å². The van der Waals surface area contributed by atoms with Crippen LogP contribution in [0, 0.1) is 12.3 Å². The standard InChI is InChI=1S/C14H28O2.C3H2O2/c1-2-3-4-5-6-7-8-9-10-11-12-13-14(15)16;1-2-3(4)5/h2-13H2,1H3,(H,15,16);1H,(H,4,5). The molecule has 0 saturated carbocycles. The lowest BCUT2D eigenvalue weighted by atomic mass is 10.1. The van der Waals surface area contributed by atoms with Crippen LogP contribution >= 0.6 is 0 Å². The molecule has 0 atom stereocenters. The number of carboxylic acid groups (broad SMARTS) is 2. The van der Waals surface area contributed by atoms with E-state index in [4.69, 9.17) is 15.0 Å². The minimum Gasteiger partial charge on any atom is -0.481 e.